The maximum Gasteiger partial charge on any atom is 0.269 e. The van der Waals surface area contributed by atoms with E-state index in [0.717, 1.165) is 0 Å². The van der Waals surface area contributed by atoms with Gasteiger partial charge >= 0.3 is 0 Å². The van der Waals surface area contributed by atoms with Crippen molar-refractivity contribution in [2.75, 3.05) is 20.7 Å². The number of fused-ring (bicyclic) bond motifs is 1. The summed E-state index contributed by atoms with van der Waals surface area (Å²) in [5, 5.41) is 2.48. The van der Waals surface area contributed by atoms with Gasteiger partial charge in [-0.1, -0.05) is 24.3 Å². The zero-order valence-corrected chi connectivity index (χ0v) is 18.2. The molecule has 3 amide bonds. The first kappa shape index (κ1) is 22.3. The van der Waals surface area contributed by atoms with Gasteiger partial charge in [-0.05, 0) is 36.8 Å². The standard InChI is InChI=1S/C21H23N3O6S/c1-14(20(26)22-2)23(12-15-7-6-8-16(11-15)30-3)19(25)13-24-21(27)17-9-4-5-10-18(17)31(24,28)29/h4-11,14H,12-13H2,1-3H3,(H,22,26)/t14-/m1/s1. The van der Waals surface area contributed by atoms with E-state index in [1.165, 1.54) is 44.2 Å². The number of carbonyl (C=O) groups excluding carboxylic acids is 3. The van der Waals surface area contributed by atoms with Crippen LogP contribution in [-0.4, -0.2) is 62.1 Å². The van der Waals surface area contributed by atoms with Crippen LogP contribution in [0.4, 0.5) is 0 Å². The van der Waals surface area contributed by atoms with Gasteiger partial charge in [0.2, 0.25) is 11.8 Å². The van der Waals surface area contributed by atoms with Crippen LogP contribution in [0.5, 0.6) is 5.75 Å². The zero-order valence-electron chi connectivity index (χ0n) is 17.4. The fraction of sp³-hybridized carbons (Fsp3) is 0.286. The van der Waals surface area contributed by atoms with E-state index in [2.05, 4.69) is 5.32 Å². The summed E-state index contributed by atoms with van der Waals surface area (Å²) in [6.07, 6.45) is 0. The lowest BCUT2D eigenvalue weighted by Gasteiger charge is -2.29. The molecule has 3 rings (SSSR count). The van der Waals surface area contributed by atoms with E-state index in [9.17, 15) is 22.8 Å². The van der Waals surface area contributed by atoms with Crippen LogP contribution < -0.4 is 10.1 Å². The highest BCUT2D eigenvalue weighted by Gasteiger charge is 2.43. The topological polar surface area (TPSA) is 113 Å². The van der Waals surface area contributed by atoms with Gasteiger partial charge in [0.25, 0.3) is 15.9 Å². The molecule has 1 aliphatic rings. The Kier molecular flexibility index (Phi) is 6.30. The number of hydrogen-bond acceptors (Lipinski definition) is 6. The summed E-state index contributed by atoms with van der Waals surface area (Å²) in [6.45, 7) is 0.854. The molecule has 2 aromatic rings. The van der Waals surface area contributed by atoms with Crippen molar-refractivity contribution in [2.24, 2.45) is 0 Å². The molecule has 1 N–H and O–H groups in total. The molecule has 0 spiro atoms. The average molecular weight is 445 g/mol. The van der Waals surface area contributed by atoms with Crippen LogP contribution in [0, 0.1) is 0 Å². The molecular weight excluding hydrogens is 422 g/mol. The Bertz CT molecular complexity index is 1130. The van der Waals surface area contributed by atoms with Crippen LogP contribution in [-0.2, 0) is 26.2 Å². The molecule has 10 heteroatoms. The molecule has 0 saturated carbocycles. The number of amides is 3. The first-order valence-corrected chi connectivity index (χ1v) is 10.9. The van der Waals surface area contributed by atoms with Crippen LogP contribution >= 0.6 is 0 Å². The summed E-state index contributed by atoms with van der Waals surface area (Å²) >= 11 is 0. The van der Waals surface area contributed by atoms with Crippen LogP contribution in [0.25, 0.3) is 0 Å². The fourth-order valence-electron chi connectivity index (χ4n) is 3.36. The molecule has 1 atom stereocenters. The number of carbonyl (C=O) groups is 3. The first-order chi connectivity index (χ1) is 14.7. The molecule has 9 nitrogen and oxygen atoms in total. The number of hydrogen-bond donors (Lipinski definition) is 1. The predicted octanol–water partition coefficient (Wildman–Crippen LogP) is 1.00. The lowest BCUT2D eigenvalue weighted by Crippen LogP contribution is -2.50. The normalized spacial score (nSPS) is 15.2. The van der Waals surface area contributed by atoms with Gasteiger partial charge in [0.1, 0.15) is 23.2 Å². The van der Waals surface area contributed by atoms with Crippen molar-refractivity contribution in [3.8, 4) is 5.75 Å². The van der Waals surface area contributed by atoms with E-state index in [-0.39, 0.29) is 17.0 Å². The number of ether oxygens (including phenoxy) is 1. The summed E-state index contributed by atoms with van der Waals surface area (Å²) in [5.41, 5.74) is 0.705. The summed E-state index contributed by atoms with van der Waals surface area (Å²) < 4.78 is 31.3. The minimum absolute atomic E-state index is 0.0222. The van der Waals surface area contributed by atoms with Crippen molar-refractivity contribution in [3.05, 3.63) is 59.7 Å². The number of nitrogens with zero attached hydrogens (tertiary/aromatic N) is 2. The van der Waals surface area contributed by atoms with Gasteiger partial charge in [-0.25, -0.2) is 12.7 Å². The third-order valence-corrected chi connectivity index (χ3v) is 6.88. The molecular formula is C21H23N3O6S. The number of benzene rings is 2. The van der Waals surface area contributed by atoms with E-state index < -0.39 is 40.3 Å². The van der Waals surface area contributed by atoms with E-state index in [4.69, 9.17) is 4.74 Å². The van der Waals surface area contributed by atoms with Crippen LogP contribution in [0.15, 0.2) is 53.4 Å². The van der Waals surface area contributed by atoms with Gasteiger partial charge in [-0.15, -0.1) is 0 Å². The smallest absolute Gasteiger partial charge is 0.269 e. The van der Waals surface area contributed by atoms with Crippen LogP contribution in [0.2, 0.25) is 0 Å². The lowest BCUT2D eigenvalue weighted by molar-refractivity contribution is -0.140. The molecule has 1 heterocycles. The van der Waals surface area contributed by atoms with E-state index in [0.29, 0.717) is 15.6 Å². The van der Waals surface area contributed by atoms with Crippen LogP contribution in [0.1, 0.15) is 22.8 Å². The molecule has 2 aromatic carbocycles. The lowest BCUT2D eigenvalue weighted by atomic mass is 10.1. The highest BCUT2D eigenvalue weighted by atomic mass is 32.2. The Morgan fingerprint density at radius 2 is 1.87 bits per heavy atom. The summed E-state index contributed by atoms with van der Waals surface area (Å²) in [6, 6.07) is 11.9. The predicted molar refractivity (Wildman–Crippen MR) is 112 cm³/mol. The Balaban J connectivity index is 1.90. The highest BCUT2D eigenvalue weighted by Crippen LogP contribution is 2.30. The van der Waals surface area contributed by atoms with E-state index in [1.54, 1.807) is 30.3 Å². The minimum atomic E-state index is -4.14. The number of rotatable bonds is 7. The largest absolute Gasteiger partial charge is 0.497 e. The number of methoxy groups -OCH3 is 1. The van der Waals surface area contributed by atoms with Crippen molar-refractivity contribution in [3.63, 3.8) is 0 Å². The monoisotopic (exact) mass is 445 g/mol. The molecule has 0 aliphatic carbocycles. The highest BCUT2D eigenvalue weighted by molar-refractivity contribution is 7.90. The quantitative estimate of drug-likeness (QED) is 0.680. The van der Waals surface area contributed by atoms with Gasteiger partial charge in [0, 0.05) is 13.6 Å². The SMILES string of the molecule is CNC(=O)[C@@H](C)N(Cc1cccc(OC)c1)C(=O)CN1C(=O)c2ccccc2S1(=O)=O. The number of likely N-dealkylation sites (N-methyl/N-ethyl adjacent to an activating group) is 1. The molecule has 0 fully saturated rings. The van der Waals surface area contributed by atoms with Gasteiger partial charge in [0.15, 0.2) is 0 Å². The molecule has 31 heavy (non-hydrogen) atoms. The molecule has 1 aliphatic heterocycles. The molecule has 0 saturated heterocycles. The Morgan fingerprint density at radius 3 is 2.52 bits per heavy atom. The third kappa shape index (κ3) is 4.24. The van der Waals surface area contributed by atoms with E-state index >= 15 is 0 Å². The molecule has 0 radical (unpaired) electrons. The average Bonchev–Trinajstić information content (AvgIpc) is 2.97. The Morgan fingerprint density at radius 1 is 1.16 bits per heavy atom. The number of sulfonamides is 1. The second kappa shape index (κ2) is 8.76. The molecule has 0 aromatic heterocycles. The van der Waals surface area contributed by atoms with Crippen molar-refractivity contribution < 1.29 is 27.5 Å². The number of nitrogens with one attached hydrogen (secondary N) is 1. The zero-order chi connectivity index (χ0) is 22.8. The van der Waals surface area contributed by atoms with E-state index in [1.807, 2.05) is 0 Å². The molecule has 0 bridgehead atoms. The van der Waals surface area contributed by atoms with Crippen molar-refractivity contribution in [1.82, 2.24) is 14.5 Å². The van der Waals surface area contributed by atoms with Gasteiger partial charge in [-0.2, -0.15) is 0 Å². The van der Waals surface area contributed by atoms with Crippen LogP contribution in [0.3, 0.4) is 0 Å². The van der Waals surface area contributed by atoms with Gasteiger partial charge in [0.05, 0.1) is 12.7 Å². The molecule has 164 valence electrons. The second-order valence-corrected chi connectivity index (χ2v) is 8.81. The Labute approximate surface area is 180 Å². The minimum Gasteiger partial charge on any atom is -0.497 e. The van der Waals surface area contributed by atoms with Gasteiger partial charge < -0.3 is 15.0 Å². The molecule has 0 unspecified atom stereocenters. The van der Waals surface area contributed by atoms with Crippen molar-refractivity contribution in [2.45, 2.75) is 24.4 Å². The third-order valence-electron chi connectivity index (χ3n) is 5.09. The maximum absolute atomic E-state index is 13.2. The summed E-state index contributed by atoms with van der Waals surface area (Å²) in [4.78, 5) is 39.2. The maximum atomic E-state index is 13.2. The van der Waals surface area contributed by atoms with Gasteiger partial charge in [-0.3, -0.25) is 14.4 Å². The van der Waals surface area contributed by atoms with Crippen molar-refractivity contribution >= 4 is 27.7 Å². The van der Waals surface area contributed by atoms with Crippen molar-refractivity contribution in [1.29, 1.82) is 0 Å². The second-order valence-electron chi connectivity index (χ2n) is 6.98. The summed E-state index contributed by atoms with van der Waals surface area (Å²) in [5.74, 6) is -1.29. The Hall–Kier alpha value is -3.40. The summed E-state index contributed by atoms with van der Waals surface area (Å²) in [7, 11) is -1.19. The first-order valence-electron chi connectivity index (χ1n) is 9.50. The fourth-order valence-corrected chi connectivity index (χ4v) is 4.88.